The summed E-state index contributed by atoms with van der Waals surface area (Å²) >= 11 is 0. The van der Waals surface area contributed by atoms with Gasteiger partial charge in [0.2, 0.25) is 0 Å². The van der Waals surface area contributed by atoms with E-state index in [2.05, 4.69) is 24.1 Å². The Kier molecular flexibility index (Phi) is 3.71. The number of nitrogens with one attached hydrogen (secondary N) is 2. The first kappa shape index (κ1) is 12.7. The van der Waals surface area contributed by atoms with Crippen LogP contribution < -0.4 is 5.32 Å². The number of aromatic nitrogens is 1. The van der Waals surface area contributed by atoms with E-state index in [1.807, 2.05) is 6.07 Å². The molecule has 1 saturated carbocycles. The summed E-state index contributed by atoms with van der Waals surface area (Å²) in [5, 5.41) is 11.8. The molecule has 1 amide bonds. The number of hydrogen-bond donors (Lipinski definition) is 2. The minimum atomic E-state index is -0.108. The van der Waals surface area contributed by atoms with E-state index in [9.17, 15) is 4.79 Å². The van der Waals surface area contributed by atoms with Gasteiger partial charge in [0.05, 0.1) is 0 Å². The normalized spacial score (nSPS) is 27.5. The lowest BCUT2D eigenvalue weighted by molar-refractivity contribution is 0.0895. The summed E-state index contributed by atoms with van der Waals surface area (Å²) in [6.07, 6.45) is 3.38. The predicted octanol–water partition coefficient (Wildman–Crippen LogP) is 2.44. The second kappa shape index (κ2) is 5.26. The third-order valence-electron chi connectivity index (χ3n) is 3.80. The molecule has 1 aromatic rings. The summed E-state index contributed by atoms with van der Waals surface area (Å²) in [5.41, 5.74) is 0.892. The van der Waals surface area contributed by atoms with E-state index >= 15 is 0 Å². The number of carbonyl (C=O) groups is 1. The van der Waals surface area contributed by atoms with Crippen LogP contribution in [0.1, 0.15) is 49.3 Å². The molecule has 2 N–H and O–H groups in total. The SMILES string of the molecule is CC1CCC(NC(=O)c2ccc(C#N)[nH]2)C(C)C1. The van der Waals surface area contributed by atoms with Gasteiger partial charge in [0.15, 0.2) is 0 Å². The number of amides is 1. The average molecular weight is 245 g/mol. The van der Waals surface area contributed by atoms with E-state index in [0.29, 0.717) is 17.3 Å². The Hall–Kier alpha value is -1.76. The highest BCUT2D eigenvalue weighted by atomic mass is 16.1. The molecule has 2 rings (SSSR count). The third kappa shape index (κ3) is 2.73. The van der Waals surface area contributed by atoms with Crippen LogP contribution in [0.4, 0.5) is 0 Å². The number of hydrogen-bond acceptors (Lipinski definition) is 2. The smallest absolute Gasteiger partial charge is 0.267 e. The molecule has 1 fully saturated rings. The van der Waals surface area contributed by atoms with Crippen molar-refractivity contribution in [2.75, 3.05) is 0 Å². The maximum atomic E-state index is 12.0. The van der Waals surface area contributed by atoms with Crippen molar-refractivity contribution in [3.8, 4) is 6.07 Å². The quantitative estimate of drug-likeness (QED) is 0.840. The Morgan fingerprint density at radius 1 is 1.44 bits per heavy atom. The second-order valence-electron chi connectivity index (χ2n) is 5.37. The van der Waals surface area contributed by atoms with Crippen LogP contribution >= 0.6 is 0 Å². The van der Waals surface area contributed by atoms with E-state index in [1.165, 1.54) is 12.8 Å². The number of nitriles is 1. The van der Waals surface area contributed by atoms with Gasteiger partial charge in [0.1, 0.15) is 17.5 Å². The van der Waals surface area contributed by atoms with Gasteiger partial charge >= 0.3 is 0 Å². The van der Waals surface area contributed by atoms with Gasteiger partial charge in [0.25, 0.3) is 5.91 Å². The van der Waals surface area contributed by atoms with Crippen molar-refractivity contribution in [3.63, 3.8) is 0 Å². The molecule has 1 heterocycles. The zero-order chi connectivity index (χ0) is 13.1. The summed E-state index contributed by atoms with van der Waals surface area (Å²) in [4.78, 5) is 14.8. The maximum Gasteiger partial charge on any atom is 0.267 e. The molecule has 0 radical (unpaired) electrons. The molecular weight excluding hydrogens is 226 g/mol. The molecule has 1 aliphatic rings. The van der Waals surface area contributed by atoms with Crippen molar-refractivity contribution < 1.29 is 4.79 Å². The first-order chi connectivity index (χ1) is 8.60. The summed E-state index contributed by atoms with van der Waals surface area (Å²) < 4.78 is 0. The standard InChI is InChI=1S/C14H19N3O/c1-9-3-5-12(10(2)7-9)17-14(18)13-6-4-11(8-15)16-13/h4,6,9-10,12,16H,3,5,7H2,1-2H3,(H,17,18). The fraction of sp³-hybridized carbons (Fsp3) is 0.571. The van der Waals surface area contributed by atoms with Crippen molar-refractivity contribution in [1.29, 1.82) is 5.26 Å². The van der Waals surface area contributed by atoms with Crippen LogP contribution in [0.2, 0.25) is 0 Å². The van der Waals surface area contributed by atoms with E-state index in [-0.39, 0.29) is 11.9 Å². The average Bonchev–Trinajstić information content (AvgIpc) is 2.81. The summed E-state index contributed by atoms with van der Waals surface area (Å²) in [6.45, 7) is 4.45. The molecule has 0 aliphatic heterocycles. The van der Waals surface area contributed by atoms with Crippen molar-refractivity contribution in [2.24, 2.45) is 11.8 Å². The van der Waals surface area contributed by atoms with Crippen LogP contribution in [0.25, 0.3) is 0 Å². The summed E-state index contributed by atoms with van der Waals surface area (Å²) in [5.74, 6) is 1.16. The first-order valence-corrected chi connectivity index (χ1v) is 6.50. The molecule has 0 saturated heterocycles. The van der Waals surface area contributed by atoms with E-state index in [4.69, 9.17) is 5.26 Å². The Bertz CT molecular complexity index is 472. The molecule has 0 aromatic carbocycles. The van der Waals surface area contributed by atoms with E-state index in [1.54, 1.807) is 12.1 Å². The Morgan fingerprint density at radius 3 is 2.83 bits per heavy atom. The Balaban J connectivity index is 1.97. The Labute approximate surface area is 107 Å². The molecule has 0 spiro atoms. The zero-order valence-electron chi connectivity index (χ0n) is 10.9. The van der Waals surface area contributed by atoms with Crippen LogP contribution in [-0.4, -0.2) is 16.9 Å². The third-order valence-corrected chi connectivity index (χ3v) is 3.80. The Morgan fingerprint density at radius 2 is 2.22 bits per heavy atom. The summed E-state index contributed by atoms with van der Waals surface area (Å²) in [6, 6.07) is 5.52. The van der Waals surface area contributed by atoms with Crippen molar-refractivity contribution >= 4 is 5.91 Å². The van der Waals surface area contributed by atoms with Crippen LogP contribution in [-0.2, 0) is 0 Å². The number of carbonyl (C=O) groups excluding carboxylic acids is 1. The predicted molar refractivity (Wildman–Crippen MR) is 68.9 cm³/mol. The lowest BCUT2D eigenvalue weighted by Crippen LogP contribution is -2.42. The van der Waals surface area contributed by atoms with Gasteiger partial charge < -0.3 is 10.3 Å². The number of rotatable bonds is 2. The van der Waals surface area contributed by atoms with Gasteiger partial charge in [-0.15, -0.1) is 0 Å². The van der Waals surface area contributed by atoms with Crippen LogP contribution in [0.15, 0.2) is 12.1 Å². The minimum Gasteiger partial charge on any atom is -0.348 e. The molecular formula is C14H19N3O. The summed E-state index contributed by atoms with van der Waals surface area (Å²) in [7, 11) is 0. The highest BCUT2D eigenvalue weighted by molar-refractivity contribution is 5.92. The van der Waals surface area contributed by atoms with Crippen molar-refractivity contribution in [3.05, 3.63) is 23.5 Å². The fourth-order valence-electron chi connectivity index (χ4n) is 2.72. The van der Waals surface area contributed by atoms with Crippen LogP contribution in [0, 0.1) is 23.2 Å². The first-order valence-electron chi connectivity index (χ1n) is 6.50. The molecule has 18 heavy (non-hydrogen) atoms. The molecule has 1 aliphatic carbocycles. The van der Waals surface area contributed by atoms with Crippen LogP contribution in [0.5, 0.6) is 0 Å². The van der Waals surface area contributed by atoms with Gasteiger partial charge in [-0.05, 0) is 43.2 Å². The van der Waals surface area contributed by atoms with E-state index < -0.39 is 0 Å². The highest BCUT2D eigenvalue weighted by Gasteiger charge is 2.26. The lowest BCUT2D eigenvalue weighted by Gasteiger charge is -2.33. The minimum absolute atomic E-state index is 0.108. The number of H-pyrrole nitrogens is 1. The van der Waals surface area contributed by atoms with E-state index in [0.717, 1.165) is 12.3 Å². The largest absolute Gasteiger partial charge is 0.348 e. The molecule has 96 valence electrons. The molecule has 4 heteroatoms. The molecule has 0 bridgehead atoms. The fourth-order valence-corrected chi connectivity index (χ4v) is 2.72. The van der Waals surface area contributed by atoms with Gasteiger partial charge in [0, 0.05) is 6.04 Å². The lowest BCUT2D eigenvalue weighted by atomic mass is 9.80. The molecule has 1 aromatic heterocycles. The number of nitrogens with zero attached hydrogens (tertiary/aromatic N) is 1. The highest BCUT2D eigenvalue weighted by Crippen LogP contribution is 2.28. The van der Waals surface area contributed by atoms with Gasteiger partial charge in [-0.3, -0.25) is 4.79 Å². The zero-order valence-corrected chi connectivity index (χ0v) is 10.9. The van der Waals surface area contributed by atoms with Crippen LogP contribution in [0.3, 0.4) is 0 Å². The van der Waals surface area contributed by atoms with Gasteiger partial charge in [-0.2, -0.15) is 5.26 Å². The van der Waals surface area contributed by atoms with Crippen molar-refractivity contribution in [1.82, 2.24) is 10.3 Å². The molecule has 3 atom stereocenters. The molecule has 3 unspecified atom stereocenters. The molecule has 4 nitrogen and oxygen atoms in total. The second-order valence-corrected chi connectivity index (χ2v) is 5.37. The number of aromatic amines is 1. The topological polar surface area (TPSA) is 68.7 Å². The van der Waals surface area contributed by atoms with Gasteiger partial charge in [-0.1, -0.05) is 13.8 Å². The monoisotopic (exact) mass is 245 g/mol. The maximum absolute atomic E-state index is 12.0. The van der Waals surface area contributed by atoms with Crippen molar-refractivity contribution in [2.45, 2.75) is 39.2 Å². The van der Waals surface area contributed by atoms with Gasteiger partial charge in [-0.25, -0.2) is 0 Å².